The molecular formula is C9H17N3O2S2. The molecule has 0 fully saturated rings. The zero-order valence-electron chi connectivity index (χ0n) is 9.49. The highest BCUT2D eigenvalue weighted by molar-refractivity contribution is 7.91. The van der Waals surface area contributed by atoms with Gasteiger partial charge in [-0.1, -0.05) is 19.8 Å². The summed E-state index contributed by atoms with van der Waals surface area (Å²) < 4.78 is 26.8. The van der Waals surface area contributed by atoms with Gasteiger partial charge in [0.15, 0.2) is 15.7 Å². The van der Waals surface area contributed by atoms with Crippen molar-refractivity contribution in [3.8, 4) is 0 Å². The van der Waals surface area contributed by atoms with E-state index in [1.807, 2.05) is 0 Å². The van der Waals surface area contributed by atoms with Crippen molar-refractivity contribution >= 4 is 32.2 Å². The number of hydrogen-bond donors (Lipinski definition) is 2. The van der Waals surface area contributed by atoms with Gasteiger partial charge in [0.1, 0.15) is 9.90 Å². The second kappa shape index (κ2) is 5.49. The number of hydrogen-bond acceptors (Lipinski definition) is 6. The molecule has 1 aromatic rings. The molecule has 16 heavy (non-hydrogen) atoms. The fourth-order valence-corrected chi connectivity index (χ4v) is 3.44. The smallest absolute Gasteiger partial charge is 0.182 e. The number of nitrogen functional groups attached to an aromatic ring is 1. The number of aromatic nitrogens is 1. The van der Waals surface area contributed by atoms with Crippen molar-refractivity contribution in [2.45, 2.75) is 31.1 Å². The van der Waals surface area contributed by atoms with Gasteiger partial charge in [-0.25, -0.2) is 8.42 Å². The molecule has 0 aliphatic heterocycles. The Hall–Kier alpha value is -0.820. The van der Waals surface area contributed by atoms with Crippen LogP contribution in [0.5, 0.6) is 0 Å². The van der Waals surface area contributed by atoms with Crippen molar-refractivity contribution in [1.82, 2.24) is 4.37 Å². The van der Waals surface area contributed by atoms with E-state index in [9.17, 15) is 8.42 Å². The molecule has 0 saturated heterocycles. The van der Waals surface area contributed by atoms with Gasteiger partial charge in [0.2, 0.25) is 0 Å². The molecule has 5 nitrogen and oxygen atoms in total. The molecule has 0 unspecified atom stereocenters. The summed E-state index contributed by atoms with van der Waals surface area (Å²) >= 11 is 1.10. The van der Waals surface area contributed by atoms with Crippen molar-refractivity contribution < 1.29 is 8.42 Å². The number of nitrogens with two attached hydrogens (primary N) is 1. The lowest BCUT2D eigenvalue weighted by Gasteiger charge is -2.04. The first-order valence-electron chi connectivity index (χ1n) is 5.16. The van der Waals surface area contributed by atoms with Crippen LogP contribution < -0.4 is 11.1 Å². The van der Waals surface area contributed by atoms with Crippen LogP contribution in [0.15, 0.2) is 4.90 Å². The fraction of sp³-hybridized carbons (Fsp3) is 0.667. The van der Waals surface area contributed by atoms with E-state index in [4.69, 9.17) is 5.73 Å². The van der Waals surface area contributed by atoms with Gasteiger partial charge in [0.25, 0.3) is 0 Å². The Morgan fingerprint density at radius 2 is 2.12 bits per heavy atom. The Bertz CT molecular complexity index is 440. The van der Waals surface area contributed by atoms with E-state index in [0.717, 1.165) is 43.6 Å². The van der Waals surface area contributed by atoms with E-state index in [2.05, 4.69) is 16.6 Å². The molecule has 1 rings (SSSR count). The highest BCUT2D eigenvalue weighted by Crippen LogP contribution is 2.31. The molecule has 0 aliphatic carbocycles. The summed E-state index contributed by atoms with van der Waals surface area (Å²) in [7, 11) is -3.30. The van der Waals surface area contributed by atoms with E-state index < -0.39 is 9.84 Å². The molecule has 1 aromatic heterocycles. The average Bonchev–Trinajstić information content (AvgIpc) is 2.54. The largest absolute Gasteiger partial charge is 0.382 e. The Morgan fingerprint density at radius 1 is 1.44 bits per heavy atom. The fourth-order valence-electron chi connectivity index (χ4n) is 1.34. The number of sulfone groups is 1. The first-order valence-corrected chi connectivity index (χ1v) is 7.82. The molecule has 0 spiro atoms. The van der Waals surface area contributed by atoms with Crippen molar-refractivity contribution in [2.24, 2.45) is 0 Å². The van der Waals surface area contributed by atoms with E-state index >= 15 is 0 Å². The predicted molar refractivity (Wildman–Crippen MR) is 67.7 cm³/mol. The molecule has 3 N–H and O–H groups in total. The lowest BCUT2D eigenvalue weighted by atomic mass is 10.2. The van der Waals surface area contributed by atoms with Crippen molar-refractivity contribution in [2.75, 3.05) is 23.9 Å². The van der Waals surface area contributed by atoms with Gasteiger partial charge in [-0.2, -0.15) is 4.37 Å². The van der Waals surface area contributed by atoms with E-state index in [1.165, 1.54) is 0 Å². The standard InChI is InChI=1S/C9H17N3O2S2/c1-3-4-5-6-11-9-7(16(2,13)14)8(10)12-15-9/h11H,3-6H2,1-2H3,(H2,10,12). The zero-order valence-corrected chi connectivity index (χ0v) is 11.1. The molecule has 0 saturated carbocycles. The normalized spacial score (nSPS) is 11.6. The highest BCUT2D eigenvalue weighted by Gasteiger charge is 2.20. The first kappa shape index (κ1) is 13.2. The Labute approximate surface area is 100 Å². The lowest BCUT2D eigenvalue weighted by molar-refractivity contribution is 0.602. The first-order chi connectivity index (χ1) is 7.46. The summed E-state index contributed by atoms with van der Waals surface area (Å²) in [6, 6.07) is 0. The summed E-state index contributed by atoms with van der Waals surface area (Å²) in [5.74, 6) is 0.0884. The second-order valence-electron chi connectivity index (χ2n) is 3.63. The average molecular weight is 263 g/mol. The van der Waals surface area contributed by atoms with E-state index in [-0.39, 0.29) is 10.7 Å². The molecular weight excluding hydrogens is 246 g/mol. The number of anilines is 2. The molecule has 0 radical (unpaired) electrons. The minimum Gasteiger partial charge on any atom is -0.382 e. The Balaban J connectivity index is 2.74. The van der Waals surface area contributed by atoms with Crippen LogP contribution >= 0.6 is 11.5 Å². The maximum Gasteiger partial charge on any atom is 0.182 e. The molecule has 0 atom stereocenters. The van der Waals surface area contributed by atoms with Gasteiger partial charge in [-0.05, 0) is 18.0 Å². The third-order valence-electron chi connectivity index (χ3n) is 2.11. The van der Waals surface area contributed by atoms with Crippen molar-refractivity contribution in [1.29, 1.82) is 0 Å². The quantitative estimate of drug-likeness (QED) is 0.763. The van der Waals surface area contributed by atoms with Crippen LogP contribution in [0.25, 0.3) is 0 Å². The van der Waals surface area contributed by atoms with Gasteiger partial charge >= 0.3 is 0 Å². The van der Waals surface area contributed by atoms with Gasteiger partial charge in [-0.15, -0.1) is 0 Å². The summed E-state index contributed by atoms with van der Waals surface area (Å²) in [5, 5.41) is 3.62. The highest BCUT2D eigenvalue weighted by atomic mass is 32.2. The van der Waals surface area contributed by atoms with Gasteiger partial charge in [0.05, 0.1) is 0 Å². The maximum atomic E-state index is 11.5. The third kappa shape index (κ3) is 3.34. The van der Waals surface area contributed by atoms with Crippen LogP contribution in [-0.4, -0.2) is 25.6 Å². The van der Waals surface area contributed by atoms with Crippen LogP contribution in [0.3, 0.4) is 0 Å². The molecule has 1 heterocycles. The number of unbranched alkanes of at least 4 members (excludes halogenated alkanes) is 2. The molecule has 0 aliphatic rings. The molecule has 0 bridgehead atoms. The topological polar surface area (TPSA) is 85.1 Å². The van der Waals surface area contributed by atoms with Gasteiger partial charge < -0.3 is 11.1 Å². The van der Waals surface area contributed by atoms with Crippen LogP contribution in [0.1, 0.15) is 26.2 Å². The number of rotatable bonds is 6. The maximum absolute atomic E-state index is 11.5. The van der Waals surface area contributed by atoms with Crippen LogP contribution in [0.2, 0.25) is 0 Å². The van der Waals surface area contributed by atoms with E-state index in [1.54, 1.807) is 0 Å². The SMILES string of the molecule is CCCCCNc1snc(N)c1S(C)(=O)=O. The van der Waals surface area contributed by atoms with E-state index in [0.29, 0.717) is 5.00 Å². The van der Waals surface area contributed by atoms with Gasteiger partial charge in [-0.3, -0.25) is 0 Å². The second-order valence-corrected chi connectivity index (χ2v) is 6.36. The zero-order chi connectivity index (χ0) is 12.2. The summed E-state index contributed by atoms with van der Waals surface area (Å²) in [5.41, 5.74) is 5.54. The van der Waals surface area contributed by atoms with Crippen LogP contribution in [-0.2, 0) is 9.84 Å². The minimum absolute atomic E-state index is 0.0884. The Kier molecular flexibility index (Phi) is 4.55. The van der Waals surface area contributed by atoms with Crippen LogP contribution in [0.4, 0.5) is 10.8 Å². The summed E-state index contributed by atoms with van der Waals surface area (Å²) in [6.07, 6.45) is 4.41. The molecule has 0 aromatic carbocycles. The van der Waals surface area contributed by atoms with Gasteiger partial charge in [0, 0.05) is 12.8 Å². The summed E-state index contributed by atoms with van der Waals surface area (Å²) in [4.78, 5) is 0.133. The van der Waals surface area contributed by atoms with Crippen molar-refractivity contribution in [3.63, 3.8) is 0 Å². The molecule has 0 amide bonds. The minimum atomic E-state index is -3.30. The number of nitrogens with zero attached hydrogens (tertiary/aromatic N) is 1. The monoisotopic (exact) mass is 263 g/mol. The molecule has 92 valence electrons. The molecule has 7 heteroatoms. The lowest BCUT2D eigenvalue weighted by Crippen LogP contribution is -2.06. The van der Waals surface area contributed by atoms with Crippen molar-refractivity contribution in [3.05, 3.63) is 0 Å². The number of nitrogens with one attached hydrogen (secondary N) is 1. The third-order valence-corrected chi connectivity index (χ3v) is 4.21. The van der Waals surface area contributed by atoms with Crippen LogP contribution in [0, 0.1) is 0 Å². The summed E-state index contributed by atoms with van der Waals surface area (Å²) in [6.45, 7) is 2.87. The predicted octanol–water partition coefficient (Wildman–Crippen LogP) is 1.73. The Morgan fingerprint density at radius 3 is 2.69 bits per heavy atom.